The van der Waals surface area contributed by atoms with Crippen LogP contribution in [0.15, 0.2) is 54.6 Å². The zero-order chi connectivity index (χ0) is 8.67. The molecule has 3 aromatic carbocycles. The minimum atomic E-state index is 0. The first-order valence-corrected chi connectivity index (χ1v) is 4.48. The fourth-order valence-corrected chi connectivity index (χ4v) is 1.90. The standard InChI is InChI=1S/C13H9.Hf/c1-3-7-12-10(5-1)9-11-6-2-4-8-13(11)12;/h1-9H;/q-1;. The van der Waals surface area contributed by atoms with Crippen LogP contribution in [0.5, 0.6) is 0 Å². The summed E-state index contributed by atoms with van der Waals surface area (Å²) in [5.74, 6) is 0. The smallest absolute Gasteiger partial charge is 0 e. The Kier molecular flexibility index (Phi) is 2.60. The van der Waals surface area contributed by atoms with Crippen LogP contribution in [0, 0.1) is 0 Å². The van der Waals surface area contributed by atoms with Crippen LogP contribution in [0.25, 0.3) is 21.5 Å². The van der Waals surface area contributed by atoms with Crippen molar-refractivity contribution in [3.63, 3.8) is 0 Å². The molecule has 14 heavy (non-hydrogen) atoms. The van der Waals surface area contributed by atoms with Crippen molar-refractivity contribution in [2.75, 3.05) is 0 Å². The maximum absolute atomic E-state index is 2.24. The quantitative estimate of drug-likeness (QED) is 0.431. The molecule has 0 N–H and O–H groups in total. The maximum Gasteiger partial charge on any atom is 0 e. The molecule has 66 valence electrons. The molecule has 0 aliphatic heterocycles. The summed E-state index contributed by atoms with van der Waals surface area (Å²) in [4.78, 5) is 0. The van der Waals surface area contributed by atoms with Gasteiger partial charge in [0.05, 0.1) is 0 Å². The molecule has 0 bridgehead atoms. The summed E-state index contributed by atoms with van der Waals surface area (Å²) in [7, 11) is 0. The van der Waals surface area contributed by atoms with Gasteiger partial charge in [0.15, 0.2) is 0 Å². The summed E-state index contributed by atoms with van der Waals surface area (Å²) in [6, 6.07) is 19.3. The third kappa shape index (κ3) is 1.36. The number of hydrogen-bond donors (Lipinski definition) is 0. The molecule has 0 saturated heterocycles. The third-order valence-corrected chi connectivity index (χ3v) is 2.52. The van der Waals surface area contributed by atoms with Crippen molar-refractivity contribution >= 4 is 21.5 Å². The topological polar surface area (TPSA) is 0 Å². The Labute approximate surface area is 102 Å². The first kappa shape index (κ1) is 9.72. The van der Waals surface area contributed by atoms with Crippen molar-refractivity contribution in [3.05, 3.63) is 54.6 Å². The van der Waals surface area contributed by atoms with Gasteiger partial charge < -0.3 is 0 Å². The molecule has 0 nitrogen and oxygen atoms in total. The fraction of sp³-hybridized carbons (Fsp3) is 0. The molecular weight excluding hydrogens is 335 g/mol. The van der Waals surface area contributed by atoms with Gasteiger partial charge in [-0.1, -0.05) is 36.4 Å². The normalized spacial score (nSPS) is 10.3. The first-order valence-electron chi connectivity index (χ1n) is 4.48. The average Bonchev–Trinajstić information content (AvgIpc) is 2.56. The van der Waals surface area contributed by atoms with Crippen LogP contribution in [-0.4, -0.2) is 0 Å². The second-order valence-electron chi connectivity index (χ2n) is 3.32. The molecule has 0 aromatic heterocycles. The van der Waals surface area contributed by atoms with Gasteiger partial charge in [-0.05, 0) is 0 Å². The molecule has 0 radical (unpaired) electrons. The van der Waals surface area contributed by atoms with Crippen LogP contribution >= 0.6 is 0 Å². The summed E-state index contributed by atoms with van der Waals surface area (Å²) in [5.41, 5.74) is 0. The van der Waals surface area contributed by atoms with Gasteiger partial charge in [-0.3, -0.25) is 0 Å². The van der Waals surface area contributed by atoms with E-state index in [1.807, 2.05) is 0 Å². The minimum Gasteiger partial charge on any atom is -0.126 e. The van der Waals surface area contributed by atoms with Crippen molar-refractivity contribution in [2.45, 2.75) is 0 Å². The Hall–Kier alpha value is -0.820. The zero-order valence-electron chi connectivity index (χ0n) is 7.70. The van der Waals surface area contributed by atoms with Gasteiger partial charge in [0, 0.05) is 25.8 Å². The Balaban J connectivity index is 0.000000750. The molecule has 0 aliphatic rings. The van der Waals surface area contributed by atoms with E-state index < -0.39 is 0 Å². The van der Waals surface area contributed by atoms with E-state index in [1.165, 1.54) is 21.5 Å². The van der Waals surface area contributed by atoms with Gasteiger partial charge in [-0.2, -0.15) is 0 Å². The molecule has 0 heterocycles. The Morgan fingerprint density at radius 2 is 1.07 bits per heavy atom. The van der Waals surface area contributed by atoms with E-state index in [2.05, 4.69) is 54.6 Å². The van der Waals surface area contributed by atoms with Crippen LogP contribution in [0.1, 0.15) is 0 Å². The van der Waals surface area contributed by atoms with E-state index in [-0.39, 0.29) is 25.8 Å². The Morgan fingerprint density at radius 1 is 0.643 bits per heavy atom. The van der Waals surface area contributed by atoms with Gasteiger partial charge in [0.25, 0.3) is 0 Å². The van der Waals surface area contributed by atoms with Gasteiger partial charge in [0.1, 0.15) is 0 Å². The van der Waals surface area contributed by atoms with Gasteiger partial charge in [-0.25, -0.2) is 0 Å². The molecule has 0 fully saturated rings. The summed E-state index contributed by atoms with van der Waals surface area (Å²) < 4.78 is 0. The second kappa shape index (κ2) is 3.74. The molecule has 0 aliphatic carbocycles. The molecule has 3 rings (SSSR count). The molecule has 0 spiro atoms. The first-order chi connectivity index (χ1) is 6.45. The van der Waals surface area contributed by atoms with E-state index in [0.717, 1.165) is 0 Å². The van der Waals surface area contributed by atoms with Crippen LogP contribution in [-0.2, 0) is 25.8 Å². The number of fused-ring (bicyclic) bond motifs is 3. The van der Waals surface area contributed by atoms with Crippen molar-refractivity contribution in [1.82, 2.24) is 0 Å². The largest absolute Gasteiger partial charge is 0.126 e. The van der Waals surface area contributed by atoms with E-state index in [0.29, 0.717) is 0 Å². The number of rotatable bonds is 0. The minimum absolute atomic E-state index is 0. The van der Waals surface area contributed by atoms with E-state index in [1.54, 1.807) is 0 Å². The SMILES string of the molecule is [Hf].c1ccc2c(c1)[cH-]c1ccccc12. The summed E-state index contributed by atoms with van der Waals surface area (Å²) in [6.45, 7) is 0. The molecule has 1 heteroatoms. The predicted octanol–water partition coefficient (Wildman–Crippen LogP) is 3.71. The van der Waals surface area contributed by atoms with E-state index in [9.17, 15) is 0 Å². The average molecular weight is 344 g/mol. The predicted molar refractivity (Wildman–Crippen MR) is 57.0 cm³/mol. The maximum atomic E-state index is 2.24. The molecule has 3 aromatic rings. The number of benzene rings is 2. The third-order valence-electron chi connectivity index (χ3n) is 2.52. The summed E-state index contributed by atoms with van der Waals surface area (Å²) >= 11 is 0. The van der Waals surface area contributed by atoms with Gasteiger partial charge >= 0.3 is 0 Å². The van der Waals surface area contributed by atoms with Crippen LogP contribution in [0.4, 0.5) is 0 Å². The monoisotopic (exact) mass is 345 g/mol. The van der Waals surface area contributed by atoms with E-state index in [4.69, 9.17) is 0 Å². The fourth-order valence-electron chi connectivity index (χ4n) is 1.90. The van der Waals surface area contributed by atoms with Crippen molar-refractivity contribution < 1.29 is 25.8 Å². The zero-order valence-corrected chi connectivity index (χ0v) is 11.3. The van der Waals surface area contributed by atoms with E-state index >= 15 is 0 Å². The molecule has 0 saturated carbocycles. The van der Waals surface area contributed by atoms with Crippen molar-refractivity contribution in [1.29, 1.82) is 0 Å². The summed E-state index contributed by atoms with van der Waals surface area (Å²) in [5, 5.41) is 5.39. The van der Waals surface area contributed by atoms with Gasteiger partial charge in [-0.15, -0.1) is 39.7 Å². The van der Waals surface area contributed by atoms with Gasteiger partial charge in [0.2, 0.25) is 0 Å². The summed E-state index contributed by atoms with van der Waals surface area (Å²) in [6.07, 6.45) is 0. The van der Waals surface area contributed by atoms with Crippen LogP contribution in [0.3, 0.4) is 0 Å². The van der Waals surface area contributed by atoms with Crippen LogP contribution in [0.2, 0.25) is 0 Å². The second-order valence-corrected chi connectivity index (χ2v) is 3.32. The molecule has 0 amide bonds. The van der Waals surface area contributed by atoms with Crippen molar-refractivity contribution in [2.24, 2.45) is 0 Å². The Bertz CT molecular complexity index is 513. The molecular formula is C13H9Hf-. The van der Waals surface area contributed by atoms with Crippen molar-refractivity contribution in [3.8, 4) is 0 Å². The molecule has 0 unspecified atom stereocenters. The molecule has 0 atom stereocenters. The Morgan fingerprint density at radius 3 is 1.57 bits per heavy atom. The number of hydrogen-bond acceptors (Lipinski definition) is 0. The van der Waals surface area contributed by atoms with Crippen LogP contribution < -0.4 is 0 Å².